The lowest BCUT2D eigenvalue weighted by Crippen LogP contribution is -2.41. The van der Waals surface area contributed by atoms with Crippen LogP contribution in [0.5, 0.6) is 5.75 Å². The summed E-state index contributed by atoms with van der Waals surface area (Å²) >= 11 is 0. The van der Waals surface area contributed by atoms with Gasteiger partial charge in [-0.3, -0.25) is 4.79 Å². The van der Waals surface area contributed by atoms with Gasteiger partial charge >= 0.3 is 6.09 Å². The minimum absolute atomic E-state index is 0.107. The first-order chi connectivity index (χ1) is 11.2. The molecule has 1 aromatic rings. The zero-order chi connectivity index (χ0) is 18.2. The van der Waals surface area contributed by atoms with Gasteiger partial charge in [-0.1, -0.05) is 12.1 Å². The molecule has 2 N–H and O–H groups in total. The molecule has 0 radical (unpaired) electrons. The number of ether oxygens (including phenoxy) is 2. The summed E-state index contributed by atoms with van der Waals surface area (Å²) in [6.45, 7) is 7.46. The Morgan fingerprint density at radius 1 is 1.17 bits per heavy atom. The van der Waals surface area contributed by atoms with Crippen LogP contribution in [0.3, 0.4) is 0 Å². The normalized spacial score (nSPS) is 11.6. The number of amides is 2. The van der Waals surface area contributed by atoms with E-state index in [1.54, 1.807) is 38.3 Å². The number of benzene rings is 1. The maximum atomic E-state index is 11.7. The third-order valence-corrected chi connectivity index (χ3v) is 2.80. The molecule has 0 saturated heterocycles. The largest absolute Gasteiger partial charge is 0.497 e. The van der Waals surface area contributed by atoms with Crippen LogP contribution in [-0.2, 0) is 16.1 Å². The van der Waals surface area contributed by atoms with Gasteiger partial charge in [-0.05, 0) is 45.4 Å². The van der Waals surface area contributed by atoms with Gasteiger partial charge < -0.3 is 14.8 Å². The molecular formula is C17H25N3O4. The summed E-state index contributed by atoms with van der Waals surface area (Å²) in [5, 5.41) is 6.66. The maximum absolute atomic E-state index is 11.7. The SMILES string of the molecule is COc1ccc(COC(=O)NN=C(C)CC(=O)NC(C)(C)C)cc1. The molecule has 0 bridgehead atoms. The Balaban J connectivity index is 2.37. The van der Waals surface area contributed by atoms with Crippen molar-refractivity contribution in [1.82, 2.24) is 10.7 Å². The molecule has 0 spiro atoms. The van der Waals surface area contributed by atoms with Crippen molar-refractivity contribution in [2.45, 2.75) is 46.3 Å². The van der Waals surface area contributed by atoms with Crippen molar-refractivity contribution in [3.8, 4) is 5.75 Å². The van der Waals surface area contributed by atoms with E-state index in [4.69, 9.17) is 9.47 Å². The molecule has 24 heavy (non-hydrogen) atoms. The smallest absolute Gasteiger partial charge is 0.428 e. The van der Waals surface area contributed by atoms with Crippen molar-refractivity contribution in [2.75, 3.05) is 7.11 Å². The summed E-state index contributed by atoms with van der Waals surface area (Å²) in [4.78, 5) is 23.3. The Bertz CT molecular complexity index is 589. The van der Waals surface area contributed by atoms with Crippen LogP contribution in [0.2, 0.25) is 0 Å². The highest BCUT2D eigenvalue weighted by molar-refractivity contribution is 6.00. The number of rotatable bonds is 6. The first-order valence-corrected chi connectivity index (χ1v) is 7.59. The highest BCUT2D eigenvalue weighted by atomic mass is 16.6. The van der Waals surface area contributed by atoms with Gasteiger partial charge in [0.25, 0.3) is 0 Å². The molecule has 132 valence electrons. The molecule has 0 aliphatic heterocycles. The first kappa shape index (κ1) is 19.5. The summed E-state index contributed by atoms with van der Waals surface area (Å²) in [5.74, 6) is 0.578. The number of hydrazone groups is 1. The van der Waals surface area contributed by atoms with Crippen molar-refractivity contribution in [3.63, 3.8) is 0 Å². The molecule has 7 heteroatoms. The number of hydrogen-bond donors (Lipinski definition) is 2. The van der Waals surface area contributed by atoms with Crippen LogP contribution < -0.4 is 15.5 Å². The van der Waals surface area contributed by atoms with Crippen LogP contribution in [0.4, 0.5) is 4.79 Å². The minimum Gasteiger partial charge on any atom is -0.497 e. The number of carbonyl (C=O) groups is 2. The Morgan fingerprint density at radius 3 is 2.33 bits per heavy atom. The topological polar surface area (TPSA) is 89.0 Å². The van der Waals surface area contributed by atoms with E-state index in [-0.39, 0.29) is 24.5 Å². The van der Waals surface area contributed by atoms with E-state index in [0.717, 1.165) is 11.3 Å². The Morgan fingerprint density at radius 2 is 1.79 bits per heavy atom. The van der Waals surface area contributed by atoms with E-state index in [1.807, 2.05) is 20.8 Å². The quantitative estimate of drug-likeness (QED) is 0.618. The lowest BCUT2D eigenvalue weighted by Gasteiger charge is -2.20. The molecule has 0 aliphatic carbocycles. The van der Waals surface area contributed by atoms with E-state index >= 15 is 0 Å². The first-order valence-electron chi connectivity index (χ1n) is 7.59. The van der Waals surface area contributed by atoms with Crippen molar-refractivity contribution in [1.29, 1.82) is 0 Å². The molecule has 0 aliphatic rings. The van der Waals surface area contributed by atoms with Gasteiger partial charge in [0.2, 0.25) is 5.91 Å². The zero-order valence-corrected chi connectivity index (χ0v) is 14.8. The monoisotopic (exact) mass is 335 g/mol. The van der Waals surface area contributed by atoms with Crippen LogP contribution >= 0.6 is 0 Å². The molecule has 2 amide bonds. The number of methoxy groups -OCH3 is 1. The molecule has 0 atom stereocenters. The van der Waals surface area contributed by atoms with E-state index in [9.17, 15) is 9.59 Å². The number of carbonyl (C=O) groups excluding carboxylic acids is 2. The molecule has 0 aromatic heterocycles. The van der Waals surface area contributed by atoms with Crippen molar-refractivity contribution in [2.24, 2.45) is 5.10 Å². The van der Waals surface area contributed by atoms with Gasteiger partial charge in [0.15, 0.2) is 0 Å². The van der Waals surface area contributed by atoms with Crippen LogP contribution in [0.1, 0.15) is 39.7 Å². The van der Waals surface area contributed by atoms with E-state index in [1.165, 1.54) is 0 Å². The molecule has 0 heterocycles. The fourth-order valence-electron chi connectivity index (χ4n) is 1.78. The Kier molecular flexibility index (Phi) is 7.23. The molecular weight excluding hydrogens is 310 g/mol. The lowest BCUT2D eigenvalue weighted by molar-refractivity contribution is -0.121. The second-order valence-electron chi connectivity index (χ2n) is 6.36. The van der Waals surface area contributed by atoms with E-state index < -0.39 is 6.09 Å². The summed E-state index contributed by atoms with van der Waals surface area (Å²) < 4.78 is 10.1. The highest BCUT2D eigenvalue weighted by Crippen LogP contribution is 2.11. The lowest BCUT2D eigenvalue weighted by atomic mass is 10.1. The summed E-state index contributed by atoms with van der Waals surface area (Å²) in [7, 11) is 1.58. The maximum Gasteiger partial charge on any atom is 0.428 e. The Hall–Kier alpha value is -2.57. The second kappa shape index (κ2) is 8.90. The predicted octanol–water partition coefficient (Wildman–Crippen LogP) is 2.60. The average molecular weight is 335 g/mol. The van der Waals surface area contributed by atoms with Crippen molar-refractivity contribution < 1.29 is 19.1 Å². The summed E-state index contributed by atoms with van der Waals surface area (Å²) in [6, 6.07) is 7.17. The average Bonchev–Trinajstić information content (AvgIpc) is 2.49. The Labute approximate surface area is 142 Å². The minimum atomic E-state index is -0.679. The van der Waals surface area contributed by atoms with Gasteiger partial charge in [-0.2, -0.15) is 5.10 Å². The fraction of sp³-hybridized carbons (Fsp3) is 0.471. The van der Waals surface area contributed by atoms with E-state index in [0.29, 0.717) is 5.71 Å². The van der Waals surface area contributed by atoms with Crippen LogP contribution in [-0.4, -0.2) is 30.4 Å². The number of nitrogens with one attached hydrogen (secondary N) is 2. The molecule has 1 aromatic carbocycles. The van der Waals surface area contributed by atoms with E-state index in [2.05, 4.69) is 15.8 Å². The van der Waals surface area contributed by atoms with Crippen LogP contribution in [0.25, 0.3) is 0 Å². The number of hydrogen-bond acceptors (Lipinski definition) is 5. The molecule has 0 unspecified atom stereocenters. The van der Waals surface area contributed by atoms with Gasteiger partial charge in [0.1, 0.15) is 12.4 Å². The summed E-state index contributed by atoms with van der Waals surface area (Å²) in [6.07, 6.45) is -0.572. The third kappa shape index (κ3) is 8.17. The van der Waals surface area contributed by atoms with Gasteiger partial charge in [-0.15, -0.1) is 0 Å². The fourth-order valence-corrected chi connectivity index (χ4v) is 1.78. The van der Waals surface area contributed by atoms with Crippen molar-refractivity contribution >= 4 is 17.7 Å². The summed E-state index contributed by atoms with van der Waals surface area (Å²) in [5.41, 5.74) is 3.28. The predicted molar refractivity (Wildman–Crippen MR) is 91.9 cm³/mol. The van der Waals surface area contributed by atoms with Gasteiger partial charge in [0, 0.05) is 11.3 Å². The molecule has 7 nitrogen and oxygen atoms in total. The van der Waals surface area contributed by atoms with Gasteiger partial charge in [0.05, 0.1) is 13.5 Å². The molecule has 0 saturated carbocycles. The van der Waals surface area contributed by atoms with Gasteiger partial charge in [-0.25, -0.2) is 10.2 Å². The van der Waals surface area contributed by atoms with Crippen molar-refractivity contribution in [3.05, 3.63) is 29.8 Å². The molecule has 0 fully saturated rings. The van der Waals surface area contributed by atoms with Crippen LogP contribution in [0, 0.1) is 0 Å². The molecule has 1 rings (SSSR count). The van der Waals surface area contributed by atoms with Crippen LogP contribution in [0.15, 0.2) is 29.4 Å². The standard InChI is InChI=1S/C17H25N3O4/c1-12(10-15(21)18-17(2,3)4)19-20-16(22)24-11-13-6-8-14(23-5)9-7-13/h6-9H,10-11H2,1-5H3,(H,18,21)(H,20,22). The highest BCUT2D eigenvalue weighted by Gasteiger charge is 2.14. The third-order valence-electron chi connectivity index (χ3n) is 2.80. The number of nitrogens with zero attached hydrogens (tertiary/aromatic N) is 1. The zero-order valence-electron chi connectivity index (χ0n) is 14.8. The second-order valence-corrected chi connectivity index (χ2v) is 6.36.